The maximum atomic E-state index is 13.6. The molecule has 0 spiro atoms. The van der Waals surface area contributed by atoms with Crippen LogP contribution in [0.2, 0.25) is 5.02 Å². The maximum Gasteiger partial charge on any atom is 0.126 e. The summed E-state index contributed by atoms with van der Waals surface area (Å²) < 4.78 is 15.4. The van der Waals surface area contributed by atoms with Crippen molar-refractivity contribution in [1.29, 1.82) is 0 Å². The molecular formula is C14H16ClFN2O. The van der Waals surface area contributed by atoms with E-state index in [1.54, 1.807) is 17.1 Å². The van der Waals surface area contributed by atoms with Gasteiger partial charge in [-0.2, -0.15) is 5.10 Å². The van der Waals surface area contributed by atoms with E-state index >= 15 is 0 Å². The normalized spacial score (nSPS) is 12.6. The topological polar surface area (TPSA) is 38.0 Å². The van der Waals surface area contributed by atoms with Gasteiger partial charge in [-0.25, -0.2) is 4.39 Å². The minimum Gasteiger partial charge on any atom is -0.388 e. The van der Waals surface area contributed by atoms with Crippen molar-refractivity contribution >= 4 is 11.6 Å². The van der Waals surface area contributed by atoms with Crippen LogP contribution in [0.15, 0.2) is 30.6 Å². The largest absolute Gasteiger partial charge is 0.388 e. The molecule has 0 aliphatic heterocycles. The van der Waals surface area contributed by atoms with Crippen LogP contribution in [0.4, 0.5) is 4.39 Å². The lowest BCUT2D eigenvalue weighted by Gasteiger charge is -2.09. The first-order valence-electron chi connectivity index (χ1n) is 6.24. The van der Waals surface area contributed by atoms with E-state index in [2.05, 4.69) is 12.0 Å². The van der Waals surface area contributed by atoms with Crippen molar-refractivity contribution in [2.45, 2.75) is 32.4 Å². The van der Waals surface area contributed by atoms with E-state index in [9.17, 15) is 9.50 Å². The first-order chi connectivity index (χ1) is 9.10. The van der Waals surface area contributed by atoms with Gasteiger partial charge in [0.25, 0.3) is 0 Å². The molecule has 0 radical (unpaired) electrons. The Balaban J connectivity index is 2.11. The fraction of sp³-hybridized carbons (Fsp3) is 0.357. The van der Waals surface area contributed by atoms with Gasteiger partial charge >= 0.3 is 0 Å². The Labute approximate surface area is 116 Å². The van der Waals surface area contributed by atoms with Crippen molar-refractivity contribution in [3.63, 3.8) is 0 Å². The van der Waals surface area contributed by atoms with Crippen LogP contribution in [0.5, 0.6) is 0 Å². The molecule has 1 unspecified atom stereocenters. The molecule has 0 saturated carbocycles. The molecule has 5 heteroatoms. The highest BCUT2D eigenvalue weighted by Crippen LogP contribution is 2.22. The second kappa shape index (κ2) is 6.17. The van der Waals surface area contributed by atoms with Gasteiger partial charge in [-0.3, -0.25) is 4.68 Å². The highest BCUT2D eigenvalue weighted by molar-refractivity contribution is 6.30. The maximum absolute atomic E-state index is 13.6. The number of hydrogen-bond donors (Lipinski definition) is 1. The molecule has 19 heavy (non-hydrogen) atoms. The zero-order valence-corrected chi connectivity index (χ0v) is 11.4. The van der Waals surface area contributed by atoms with Crippen LogP contribution >= 0.6 is 11.6 Å². The number of hydrogen-bond acceptors (Lipinski definition) is 2. The van der Waals surface area contributed by atoms with E-state index in [0.717, 1.165) is 13.0 Å². The lowest BCUT2D eigenvalue weighted by molar-refractivity contribution is 0.177. The van der Waals surface area contributed by atoms with Crippen LogP contribution in [0.1, 0.15) is 30.6 Å². The summed E-state index contributed by atoms with van der Waals surface area (Å²) in [4.78, 5) is 0. The quantitative estimate of drug-likeness (QED) is 0.913. The fourth-order valence-corrected chi connectivity index (χ4v) is 2.12. The van der Waals surface area contributed by atoms with Crippen LogP contribution < -0.4 is 0 Å². The highest BCUT2D eigenvalue weighted by atomic mass is 35.5. The Bertz CT molecular complexity index is 556. The predicted octanol–water partition coefficient (Wildman–Crippen LogP) is 3.36. The SMILES string of the molecule is CCCn1cc(C(O)Cc2cc(Cl)ccc2F)cn1. The number of nitrogens with zero attached hydrogens (tertiary/aromatic N) is 2. The van der Waals surface area contributed by atoms with E-state index in [0.29, 0.717) is 16.1 Å². The van der Waals surface area contributed by atoms with Crippen LogP contribution in [-0.2, 0) is 13.0 Å². The number of aryl methyl sites for hydroxylation is 1. The van der Waals surface area contributed by atoms with Gasteiger partial charge in [0.2, 0.25) is 0 Å². The zero-order chi connectivity index (χ0) is 13.8. The third kappa shape index (κ3) is 3.55. The van der Waals surface area contributed by atoms with Crippen LogP contribution in [0.3, 0.4) is 0 Å². The van der Waals surface area contributed by atoms with Crippen molar-refractivity contribution in [2.24, 2.45) is 0 Å². The van der Waals surface area contributed by atoms with Crippen LogP contribution in [-0.4, -0.2) is 14.9 Å². The van der Waals surface area contributed by atoms with E-state index in [1.807, 2.05) is 0 Å². The average molecular weight is 283 g/mol. The molecule has 1 aromatic heterocycles. The molecule has 0 amide bonds. The van der Waals surface area contributed by atoms with Crippen molar-refractivity contribution in [2.75, 3.05) is 0 Å². The molecule has 0 saturated heterocycles. The number of aliphatic hydroxyl groups excluding tert-OH is 1. The van der Waals surface area contributed by atoms with E-state index in [-0.39, 0.29) is 12.2 Å². The molecule has 0 aliphatic carbocycles. The Morgan fingerprint density at radius 3 is 3.00 bits per heavy atom. The lowest BCUT2D eigenvalue weighted by Crippen LogP contribution is -2.03. The summed E-state index contributed by atoms with van der Waals surface area (Å²) in [7, 11) is 0. The molecule has 1 N–H and O–H groups in total. The van der Waals surface area contributed by atoms with E-state index in [1.165, 1.54) is 18.2 Å². The van der Waals surface area contributed by atoms with Gasteiger partial charge in [0.15, 0.2) is 0 Å². The van der Waals surface area contributed by atoms with Crippen molar-refractivity contribution in [1.82, 2.24) is 9.78 Å². The van der Waals surface area contributed by atoms with Crippen molar-refractivity contribution < 1.29 is 9.50 Å². The summed E-state index contributed by atoms with van der Waals surface area (Å²) in [6, 6.07) is 4.34. The Morgan fingerprint density at radius 1 is 1.47 bits per heavy atom. The number of aliphatic hydroxyl groups is 1. The van der Waals surface area contributed by atoms with Crippen molar-refractivity contribution in [3.8, 4) is 0 Å². The van der Waals surface area contributed by atoms with Crippen LogP contribution in [0.25, 0.3) is 0 Å². The van der Waals surface area contributed by atoms with E-state index in [4.69, 9.17) is 11.6 Å². The molecule has 0 fully saturated rings. The van der Waals surface area contributed by atoms with Gasteiger partial charge in [0.1, 0.15) is 5.82 Å². The molecule has 0 bridgehead atoms. The minimum atomic E-state index is -0.779. The second-order valence-corrected chi connectivity index (χ2v) is 4.93. The fourth-order valence-electron chi connectivity index (χ4n) is 1.93. The van der Waals surface area contributed by atoms with E-state index < -0.39 is 6.10 Å². The molecule has 1 aromatic carbocycles. The monoisotopic (exact) mass is 282 g/mol. The molecule has 2 rings (SSSR count). The van der Waals surface area contributed by atoms with Gasteiger partial charge in [0.05, 0.1) is 12.3 Å². The van der Waals surface area contributed by atoms with Gasteiger partial charge < -0.3 is 5.11 Å². The number of aromatic nitrogens is 2. The number of benzene rings is 1. The highest BCUT2D eigenvalue weighted by Gasteiger charge is 2.14. The summed E-state index contributed by atoms with van der Waals surface area (Å²) in [5.41, 5.74) is 1.09. The van der Waals surface area contributed by atoms with Gasteiger partial charge in [-0.05, 0) is 30.2 Å². The Hall–Kier alpha value is -1.39. The van der Waals surface area contributed by atoms with Crippen LogP contribution in [0, 0.1) is 5.82 Å². The molecular weight excluding hydrogens is 267 g/mol. The minimum absolute atomic E-state index is 0.185. The smallest absolute Gasteiger partial charge is 0.126 e. The third-order valence-electron chi connectivity index (χ3n) is 2.91. The molecule has 1 atom stereocenters. The van der Waals surface area contributed by atoms with Gasteiger partial charge in [-0.15, -0.1) is 0 Å². The van der Waals surface area contributed by atoms with Gasteiger partial charge in [0, 0.05) is 29.7 Å². The second-order valence-electron chi connectivity index (χ2n) is 4.49. The number of rotatable bonds is 5. The molecule has 1 heterocycles. The van der Waals surface area contributed by atoms with Gasteiger partial charge in [-0.1, -0.05) is 18.5 Å². The summed E-state index contributed by atoms with van der Waals surface area (Å²) >= 11 is 5.83. The standard InChI is InChI=1S/C14H16ClFN2O/c1-2-5-18-9-11(8-17-18)14(19)7-10-6-12(15)3-4-13(10)16/h3-4,6,8-9,14,19H,2,5,7H2,1H3. The molecule has 3 nitrogen and oxygen atoms in total. The summed E-state index contributed by atoms with van der Waals surface area (Å²) in [5, 5.41) is 14.7. The molecule has 102 valence electrons. The molecule has 2 aromatic rings. The first kappa shape index (κ1) is 14.0. The third-order valence-corrected chi connectivity index (χ3v) is 3.15. The lowest BCUT2D eigenvalue weighted by atomic mass is 10.0. The summed E-state index contributed by atoms with van der Waals surface area (Å²) in [6.45, 7) is 2.86. The summed E-state index contributed by atoms with van der Waals surface area (Å²) in [5.74, 6) is -0.357. The Morgan fingerprint density at radius 2 is 2.26 bits per heavy atom. The number of halogens is 2. The molecule has 0 aliphatic rings. The first-order valence-corrected chi connectivity index (χ1v) is 6.62. The predicted molar refractivity (Wildman–Crippen MR) is 72.6 cm³/mol. The average Bonchev–Trinajstić information content (AvgIpc) is 2.83. The van der Waals surface area contributed by atoms with Crippen molar-refractivity contribution in [3.05, 3.63) is 52.6 Å². The Kier molecular flexibility index (Phi) is 4.56. The summed E-state index contributed by atoms with van der Waals surface area (Å²) in [6.07, 6.45) is 3.78. The zero-order valence-electron chi connectivity index (χ0n) is 10.7.